The van der Waals surface area contributed by atoms with Crippen LogP contribution in [0.25, 0.3) is 0 Å². The van der Waals surface area contributed by atoms with Crippen LogP contribution in [0.1, 0.15) is 62.9 Å². The van der Waals surface area contributed by atoms with Gasteiger partial charge in [-0.1, -0.05) is 67.6 Å². The summed E-state index contributed by atoms with van der Waals surface area (Å²) in [7, 11) is 0. The number of carbonyl (C=O) groups excluding carboxylic acids is 3. The lowest BCUT2D eigenvalue weighted by molar-refractivity contribution is -0.132. The molecule has 10 nitrogen and oxygen atoms in total. The van der Waals surface area contributed by atoms with E-state index in [-0.39, 0.29) is 18.4 Å². The molecule has 2 atom stereocenters. The van der Waals surface area contributed by atoms with Crippen molar-refractivity contribution in [3.8, 4) is 0 Å². The van der Waals surface area contributed by atoms with E-state index in [1.165, 1.54) is 0 Å². The molecule has 0 bridgehead atoms. The minimum atomic E-state index is -1.17. The minimum Gasteiger partial charge on any atom is -0.374 e. The van der Waals surface area contributed by atoms with Crippen LogP contribution in [0, 0.1) is 0 Å². The molecule has 2 aromatic carbocycles. The van der Waals surface area contributed by atoms with E-state index in [2.05, 4.69) is 15.6 Å². The number of nitrogens with one attached hydrogen (secondary N) is 2. The van der Waals surface area contributed by atoms with Crippen LogP contribution in [-0.4, -0.2) is 63.4 Å². The van der Waals surface area contributed by atoms with Crippen LogP contribution in [-0.2, 0) is 38.7 Å². The molecule has 4 rings (SSSR count). The number of aromatic nitrogens is 2. The van der Waals surface area contributed by atoms with E-state index in [1.54, 1.807) is 20.0 Å². The molecule has 230 valence electrons. The second kappa shape index (κ2) is 14.9. The smallest absolute Gasteiger partial charge is 0.250 e. The van der Waals surface area contributed by atoms with Crippen molar-refractivity contribution < 1.29 is 19.1 Å². The highest BCUT2D eigenvalue weighted by Crippen LogP contribution is 2.26. The van der Waals surface area contributed by atoms with Gasteiger partial charge in [0.1, 0.15) is 11.9 Å². The van der Waals surface area contributed by atoms with E-state index in [4.69, 9.17) is 10.5 Å². The highest BCUT2D eigenvalue weighted by Gasteiger charge is 2.30. The molecule has 10 heteroatoms. The summed E-state index contributed by atoms with van der Waals surface area (Å²) in [5, 5.41) is 5.57. The van der Waals surface area contributed by atoms with Crippen molar-refractivity contribution in [2.75, 3.05) is 25.0 Å². The van der Waals surface area contributed by atoms with Crippen molar-refractivity contribution in [3.05, 3.63) is 83.8 Å². The Morgan fingerprint density at radius 3 is 2.30 bits per heavy atom. The van der Waals surface area contributed by atoms with Crippen molar-refractivity contribution in [1.29, 1.82) is 0 Å². The molecular formula is C33H44N6O4. The van der Waals surface area contributed by atoms with Crippen LogP contribution in [0.5, 0.6) is 0 Å². The number of ether oxygens (including phenoxy) is 1. The largest absolute Gasteiger partial charge is 0.374 e. The molecule has 1 saturated heterocycles. The number of likely N-dealkylation sites (tertiary alicyclic amines) is 1. The summed E-state index contributed by atoms with van der Waals surface area (Å²) in [6, 6.07) is 18.5. The maximum atomic E-state index is 13.5. The van der Waals surface area contributed by atoms with Crippen molar-refractivity contribution in [2.24, 2.45) is 5.73 Å². The van der Waals surface area contributed by atoms with Gasteiger partial charge < -0.3 is 30.6 Å². The van der Waals surface area contributed by atoms with Gasteiger partial charge in [-0.2, -0.15) is 0 Å². The van der Waals surface area contributed by atoms with Crippen LogP contribution in [0.4, 0.5) is 5.82 Å². The Hall–Kier alpha value is -4.02. The fourth-order valence-electron chi connectivity index (χ4n) is 5.14. The molecule has 1 fully saturated rings. The second-order valence-corrected chi connectivity index (χ2v) is 11.6. The molecule has 0 radical (unpaired) electrons. The normalized spacial score (nSPS) is 14.7. The number of amides is 3. The van der Waals surface area contributed by atoms with E-state index in [1.807, 2.05) is 77.1 Å². The van der Waals surface area contributed by atoms with Crippen LogP contribution in [0.15, 0.2) is 66.9 Å². The predicted octanol–water partition coefficient (Wildman–Crippen LogP) is 3.62. The number of anilines is 1. The van der Waals surface area contributed by atoms with Gasteiger partial charge in [0.25, 0.3) is 5.91 Å². The van der Waals surface area contributed by atoms with Gasteiger partial charge >= 0.3 is 0 Å². The standard InChI is InChI=1S/C33H44N6O4/c1-4-29-36-28(21-39(29)20-17-26(25-15-9-6-10-16-25)31(41)38-18-11-12-19-38)37-30(40)27(35-32(42)33(2,3)34)23-43-22-24-13-7-5-8-14-24/h5-10,13-16,21,26-27H,4,11-12,17-20,22-23,34H2,1-3H3,(H,35,42)(H,37,40)/t26?,27-/m1/s1. The van der Waals surface area contributed by atoms with Crippen LogP contribution in [0.3, 0.4) is 0 Å². The lowest BCUT2D eigenvalue weighted by Crippen LogP contribution is -2.56. The molecule has 2 heterocycles. The SMILES string of the molecule is CCc1nc(NC(=O)[C@@H](COCc2ccccc2)NC(=O)C(C)(C)N)cn1CCC(C(=O)N1CCCC1)c1ccccc1. The molecular weight excluding hydrogens is 544 g/mol. The number of nitrogens with zero attached hydrogens (tertiary/aromatic N) is 3. The Morgan fingerprint density at radius 1 is 1.02 bits per heavy atom. The third-order valence-electron chi connectivity index (χ3n) is 7.61. The number of imidazole rings is 1. The molecule has 43 heavy (non-hydrogen) atoms. The van der Waals surface area contributed by atoms with Crippen molar-refractivity contribution in [1.82, 2.24) is 19.8 Å². The van der Waals surface area contributed by atoms with E-state index >= 15 is 0 Å². The maximum Gasteiger partial charge on any atom is 0.250 e. The van der Waals surface area contributed by atoms with Gasteiger partial charge in [-0.3, -0.25) is 14.4 Å². The molecule has 0 saturated carbocycles. The third-order valence-corrected chi connectivity index (χ3v) is 7.61. The number of benzene rings is 2. The molecule has 0 spiro atoms. The summed E-state index contributed by atoms with van der Waals surface area (Å²) in [5.41, 5.74) is 6.76. The molecule has 1 aromatic heterocycles. The van der Waals surface area contributed by atoms with Crippen LogP contribution >= 0.6 is 0 Å². The highest BCUT2D eigenvalue weighted by atomic mass is 16.5. The van der Waals surface area contributed by atoms with Gasteiger partial charge in [0.2, 0.25) is 11.8 Å². The zero-order valence-corrected chi connectivity index (χ0v) is 25.4. The van der Waals surface area contributed by atoms with Gasteiger partial charge in [0, 0.05) is 32.3 Å². The van der Waals surface area contributed by atoms with Crippen molar-refractivity contribution >= 4 is 23.5 Å². The minimum absolute atomic E-state index is 0.0404. The van der Waals surface area contributed by atoms with Crippen molar-refractivity contribution in [3.63, 3.8) is 0 Å². The number of carbonyl (C=O) groups is 3. The van der Waals surface area contributed by atoms with Crippen LogP contribution < -0.4 is 16.4 Å². The molecule has 4 N–H and O–H groups in total. The predicted molar refractivity (Wildman–Crippen MR) is 166 cm³/mol. The van der Waals surface area contributed by atoms with Gasteiger partial charge in [-0.15, -0.1) is 0 Å². The molecule has 1 aliphatic heterocycles. The molecule has 0 aliphatic carbocycles. The van der Waals surface area contributed by atoms with Gasteiger partial charge in [-0.05, 0) is 44.2 Å². The summed E-state index contributed by atoms with van der Waals surface area (Å²) in [5.74, 6) is 0.144. The lowest BCUT2D eigenvalue weighted by atomic mass is 9.94. The molecule has 3 amide bonds. The first-order valence-electron chi connectivity index (χ1n) is 15.1. The molecule has 1 aliphatic rings. The fourth-order valence-corrected chi connectivity index (χ4v) is 5.14. The van der Waals surface area contributed by atoms with E-state index < -0.39 is 23.4 Å². The number of hydrogen-bond donors (Lipinski definition) is 3. The average Bonchev–Trinajstić information content (AvgIpc) is 3.67. The zero-order valence-electron chi connectivity index (χ0n) is 25.4. The van der Waals surface area contributed by atoms with E-state index in [0.717, 1.165) is 42.9 Å². The Labute approximate surface area is 254 Å². The highest BCUT2D eigenvalue weighted by molar-refractivity contribution is 5.98. The van der Waals surface area contributed by atoms with Gasteiger partial charge in [0.15, 0.2) is 5.82 Å². The summed E-state index contributed by atoms with van der Waals surface area (Å²) >= 11 is 0. The molecule has 3 aromatic rings. The number of rotatable bonds is 14. The molecule has 1 unspecified atom stereocenters. The van der Waals surface area contributed by atoms with Gasteiger partial charge in [0.05, 0.1) is 24.7 Å². The second-order valence-electron chi connectivity index (χ2n) is 11.6. The Kier molecular flexibility index (Phi) is 11.1. The summed E-state index contributed by atoms with van der Waals surface area (Å²) in [6.07, 6.45) is 5.12. The van der Waals surface area contributed by atoms with Crippen LogP contribution in [0.2, 0.25) is 0 Å². The Balaban J connectivity index is 1.45. The van der Waals surface area contributed by atoms with Crippen molar-refractivity contribution in [2.45, 2.75) is 77.1 Å². The lowest BCUT2D eigenvalue weighted by Gasteiger charge is -2.24. The third kappa shape index (κ3) is 8.98. The van der Waals surface area contributed by atoms with E-state index in [9.17, 15) is 14.4 Å². The first kappa shape index (κ1) is 31.9. The Bertz CT molecular complexity index is 1350. The number of aryl methyl sites for hydroxylation is 2. The zero-order chi connectivity index (χ0) is 30.8. The first-order valence-corrected chi connectivity index (χ1v) is 15.1. The topological polar surface area (TPSA) is 132 Å². The first-order chi connectivity index (χ1) is 20.7. The summed E-state index contributed by atoms with van der Waals surface area (Å²) in [6.45, 7) is 7.57. The van der Waals surface area contributed by atoms with Gasteiger partial charge in [-0.25, -0.2) is 4.98 Å². The van der Waals surface area contributed by atoms with E-state index in [0.29, 0.717) is 31.8 Å². The summed E-state index contributed by atoms with van der Waals surface area (Å²) in [4.78, 5) is 46.1. The number of hydrogen-bond acceptors (Lipinski definition) is 6. The maximum absolute atomic E-state index is 13.5. The average molecular weight is 589 g/mol. The fraction of sp³-hybridized carbons (Fsp3) is 0.455. The quantitative estimate of drug-likeness (QED) is 0.264. The summed E-state index contributed by atoms with van der Waals surface area (Å²) < 4.78 is 7.79. The Morgan fingerprint density at radius 2 is 1.67 bits per heavy atom. The monoisotopic (exact) mass is 588 g/mol. The number of nitrogens with two attached hydrogens (primary N) is 1.